The zero-order chi connectivity index (χ0) is 10.2. The number of benzene rings is 1. The molecular weight excluding hydrogens is 397 g/mol. The minimum Gasteiger partial charge on any atom is -0.207 e. The van der Waals surface area contributed by atoms with Crippen LogP contribution in [0.25, 0.3) is 0 Å². The summed E-state index contributed by atoms with van der Waals surface area (Å²) >= 11 is 4.60. The molecule has 0 heterocycles. The van der Waals surface area contributed by atoms with Gasteiger partial charge in [0.15, 0.2) is 5.82 Å². The van der Waals surface area contributed by atoms with Crippen molar-refractivity contribution in [2.75, 3.05) is 0 Å². The van der Waals surface area contributed by atoms with Crippen molar-refractivity contribution in [3.8, 4) is 0 Å². The van der Waals surface area contributed by atoms with Gasteiger partial charge >= 0.3 is 0 Å². The fourth-order valence-corrected chi connectivity index (χ4v) is 3.67. The highest BCUT2D eigenvalue weighted by atomic mass is 127. The van der Waals surface area contributed by atoms with Gasteiger partial charge in [0.2, 0.25) is 0 Å². The SMILES string of the molecule is O=S(=O)(Cl)c1c(Br)ccc(I)c1F. The summed E-state index contributed by atoms with van der Waals surface area (Å²) in [6.07, 6.45) is 0. The van der Waals surface area contributed by atoms with Crippen LogP contribution < -0.4 is 0 Å². The minimum absolute atomic E-state index is 0.125. The summed E-state index contributed by atoms with van der Waals surface area (Å²) < 4.78 is 35.4. The van der Waals surface area contributed by atoms with Gasteiger partial charge in [0.1, 0.15) is 4.90 Å². The van der Waals surface area contributed by atoms with E-state index >= 15 is 0 Å². The first-order valence-corrected chi connectivity index (χ1v) is 7.10. The molecule has 0 spiro atoms. The summed E-state index contributed by atoms with van der Waals surface area (Å²) in [4.78, 5) is -0.513. The van der Waals surface area contributed by atoms with E-state index in [1.807, 2.05) is 0 Å². The van der Waals surface area contributed by atoms with Gasteiger partial charge in [-0.15, -0.1) is 0 Å². The average Bonchev–Trinajstić information content (AvgIpc) is 1.95. The Labute approximate surface area is 101 Å². The first-order chi connectivity index (χ1) is 5.84. The summed E-state index contributed by atoms with van der Waals surface area (Å²) in [5, 5.41) is 0. The quantitative estimate of drug-likeness (QED) is 0.413. The maximum atomic E-state index is 13.3. The van der Waals surface area contributed by atoms with Gasteiger partial charge < -0.3 is 0 Å². The summed E-state index contributed by atoms with van der Waals surface area (Å²) in [7, 11) is 0.999. The van der Waals surface area contributed by atoms with Gasteiger partial charge in [-0.25, -0.2) is 12.8 Å². The number of hydrogen-bond donors (Lipinski definition) is 0. The zero-order valence-corrected chi connectivity index (χ0v) is 11.2. The predicted octanol–water partition coefficient (Wildman–Crippen LogP) is 3.12. The Hall–Kier alpha value is 0.600. The summed E-state index contributed by atoms with van der Waals surface area (Å²) in [6.45, 7) is 0. The van der Waals surface area contributed by atoms with Crippen LogP contribution in [0.5, 0.6) is 0 Å². The van der Waals surface area contributed by atoms with Gasteiger partial charge in [-0.3, -0.25) is 0 Å². The zero-order valence-electron chi connectivity index (χ0n) is 5.89. The molecule has 0 saturated heterocycles. The van der Waals surface area contributed by atoms with E-state index in [1.54, 1.807) is 22.6 Å². The van der Waals surface area contributed by atoms with Crippen LogP contribution in [0.3, 0.4) is 0 Å². The van der Waals surface area contributed by atoms with E-state index in [0.29, 0.717) is 0 Å². The molecule has 72 valence electrons. The molecule has 0 aromatic heterocycles. The molecule has 0 atom stereocenters. The van der Waals surface area contributed by atoms with Crippen LogP contribution in [-0.4, -0.2) is 8.42 Å². The van der Waals surface area contributed by atoms with Crippen molar-refractivity contribution >= 4 is 58.3 Å². The fourth-order valence-electron chi connectivity index (χ4n) is 0.732. The largest absolute Gasteiger partial charge is 0.265 e. The van der Waals surface area contributed by atoms with E-state index in [0.717, 1.165) is 0 Å². The van der Waals surface area contributed by atoms with Crippen LogP contribution in [0.4, 0.5) is 4.39 Å². The molecule has 1 rings (SSSR count). The van der Waals surface area contributed by atoms with Gasteiger partial charge in [-0.2, -0.15) is 0 Å². The van der Waals surface area contributed by atoms with Crippen molar-refractivity contribution in [3.05, 3.63) is 26.0 Å². The lowest BCUT2D eigenvalue weighted by molar-refractivity contribution is 0.569. The molecule has 0 aliphatic carbocycles. The Morgan fingerprint density at radius 3 is 2.38 bits per heavy atom. The van der Waals surface area contributed by atoms with Crippen LogP contribution in [0.15, 0.2) is 21.5 Å². The van der Waals surface area contributed by atoms with Crippen molar-refractivity contribution in [1.29, 1.82) is 0 Å². The molecule has 0 bridgehead atoms. The molecule has 13 heavy (non-hydrogen) atoms. The first kappa shape index (κ1) is 11.7. The summed E-state index contributed by atoms with van der Waals surface area (Å²) in [5.41, 5.74) is 0. The third-order valence-corrected chi connectivity index (χ3v) is 4.35. The predicted molar refractivity (Wildman–Crippen MR) is 59.9 cm³/mol. The Bertz CT molecular complexity index is 448. The summed E-state index contributed by atoms with van der Waals surface area (Å²) in [6, 6.07) is 2.88. The highest BCUT2D eigenvalue weighted by Gasteiger charge is 2.21. The third-order valence-electron chi connectivity index (χ3n) is 1.25. The molecule has 2 nitrogen and oxygen atoms in total. The Kier molecular flexibility index (Phi) is 3.59. The van der Waals surface area contributed by atoms with Crippen LogP contribution in [-0.2, 0) is 9.05 Å². The van der Waals surface area contributed by atoms with Crippen LogP contribution >= 0.6 is 49.2 Å². The highest BCUT2D eigenvalue weighted by Crippen LogP contribution is 2.30. The maximum Gasteiger partial charge on any atom is 0.265 e. The van der Waals surface area contributed by atoms with Gasteiger partial charge in [-0.1, -0.05) is 0 Å². The fraction of sp³-hybridized carbons (Fsp3) is 0. The van der Waals surface area contributed by atoms with E-state index in [4.69, 9.17) is 10.7 Å². The molecule has 0 aliphatic heterocycles. The van der Waals surface area contributed by atoms with Crippen LogP contribution in [0.2, 0.25) is 0 Å². The molecule has 0 N–H and O–H groups in total. The average molecular weight is 399 g/mol. The third kappa shape index (κ3) is 2.54. The molecule has 1 aromatic carbocycles. The molecule has 0 fully saturated rings. The van der Waals surface area contributed by atoms with Crippen LogP contribution in [0.1, 0.15) is 0 Å². The Morgan fingerprint density at radius 2 is 2.00 bits per heavy atom. The molecule has 0 aliphatic rings. The maximum absolute atomic E-state index is 13.3. The van der Waals surface area contributed by atoms with Crippen molar-refractivity contribution in [3.63, 3.8) is 0 Å². The number of hydrogen-bond acceptors (Lipinski definition) is 2. The highest BCUT2D eigenvalue weighted by molar-refractivity contribution is 14.1. The van der Waals surface area contributed by atoms with Gasteiger partial charge in [0, 0.05) is 15.2 Å². The van der Waals surface area contributed by atoms with Crippen molar-refractivity contribution in [2.24, 2.45) is 0 Å². The Balaban J connectivity index is 3.62. The van der Waals surface area contributed by atoms with E-state index < -0.39 is 19.8 Å². The molecular formula is C6H2BrClFIO2S. The lowest BCUT2D eigenvalue weighted by atomic mass is 10.3. The van der Waals surface area contributed by atoms with Gasteiger partial charge in [0.25, 0.3) is 9.05 Å². The molecule has 0 amide bonds. The van der Waals surface area contributed by atoms with Crippen molar-refractivity contribution in [1.82, 2.24) is 0 Å². The van der Waals surface area contributed by atoms with Gasteiger partial charge in [0.05, 0.1) is 3.57 Å². The second kappa shape index (κ2) is 4.00. The molecule has 7 heteroatoms. The van der Waals surface area contributed by atoms with E-state index in [1.165, 1.54) is 12.1 Å². The molecule has 0 radical (unpaired) electrons. The number of rotatable bonds is 1. The molecule has 0 saturated carbocycles. The summed E-state index contributed by atoms with van der Waals surface area (Å²) in [5.74, 6) is -0.829. The topological polar surface area (TPSA) is 34.1 Å². The Morgan fingerprint density at radius 1 is 1.46 bits per heavy atom. The number of halogens is 4. The standard InChI is InChI=1S/C6H2BrClFIO2S/c7-3-1-2-4(10)5(9)6(3)13(8,11)12/h1-2H. The smallest absolute Gasteiger partial charge is 0.207 e. The minimum atomic E-state index is -4.04. The van der Waals surface area contributed by atoms with E-state index in [-0.39, 0.29) is 8.04 Å². The molecule has 0 unspecified atom stereocenters. The molecule has 1 aromatic rings. The second-order valence-electron chi connectivity index (χ2n) is 2.11. The van der Waals surface area contributed by atoms with Crippen molar-refractivity contribution in [2.45, 2.75) is 4.90 Å². The first-order valence-electron chi connectivity index (χ1n) is 2.92. The lowest BCUT2D eigenvalue weighted by Gasteiger charge is -2.02. The van der Waals surface area contributed by atoms with Crippen molar-refractivity contribution < 1.29 is 12.8 Å². The van der Waals surface area contributed by atoms with E-state index in [9.17, 15) is 12.8 Å². The van der Waals surface area contributed by atoms with E-state index in [2.05, 4.69) is 15.9 Å². The monoisotopic (exact) mass is 398 g/mol. The normalized spacial score (nSPS) is 11.7. The van der Waals surface area contributed by atoms with Crippen LogP contribution in [0, 0.1) is 9.39 Å². The van der Waals surface area contributed by atoms with Gasteiger partial charge in [-0.05, 0) is 50.7 Å². The lowest BCUT2D eigenvalue weighted by Crippen LogP contribution is -1.98. The second-order valence-corrected chi connectivity index (χ2v) is 6.63.